The average Bonchev–Trinajstić information content (AvgIpc) is 3.22. The van der Waals surface area contributed by atoms with Gasteiger partial charge in [0.25, 0.3) is 0 Å². The van der Waals surface area contributed by atoms with Gasteiger partial charge < -0.3 is 10.3 Å². The van der Waals surface area contributed by atoms with E-state index < -0.39 is 6.03 Å². The van der Waals surface area contributed by atoms with Crippen LogP contribution in [0.15, 0.2) is 77.9 Å². The molecule has 3 aromatic carbocycles. The molecule has 1 aliphatic rings. The van der Waals surface area contributed by atoms with E-state index in [1.54, 1.807) is 18.2 Å². The van der Waals surface area contributed by atoms with E-state index in [-0.39, 0.29) is 5.82 Å². The number of fused-ring (bicyclic) bond motifs is 5. The number of carbonyl (C=O) groups is 1. The van der Waals surface area contributed by atoms with Crippen LogP contribution >= 0.6 is 0 Å². The van der Waals surface area contributed by atoms with E-state index in [9.17, 15) is 9.18 Å². The molecule has 0 aliphatic heterocycles. The minimum Gasteiger partial charge on any atom is -0.354 e. The highest BCUT2D eigenvalue weighted by atomic mass is 19.1. The molecule has 0 fully saturated rings. The minimum absolute atomic E-state index is 0.320. The number of hydrogen-bond donors (Lipinski definition) is 3. The van der Waals surface area contributed by atoms with Gasteiger partial charge in [-0.3, -0.25) is 0 Å². The number of hydrogen-bond acceptors (Lipinski definition) is 2. The number of para-hydroxylation sites is 2. The average molecular weight is 370 g/mol. The molecule has 136 valence electrons. The molecule has 6 heteroatoms. The first kappa shape index (κ1) is 16.3. The summed E-state index contributed by atoms with van der Waals surface area (Å²) in [6.07, 6.45) is 0. The molecule has 4 aromatic rings. The molecule has 0 saturated carbocycles. The monoisotopic (exact) mass is 370 g/mol. The smallest absolute Gasteiger partial charge is 0.339 e. The van der Waals surface area contributed by atoms with Gasteiger partial charge in [0, 0.05) is 33.3 Å². The maximum atomic E-state index is 13.9. The Morgan fingerprint density at radius 1 is 0.929 bits per heavy atom. The molecule has 5 nitrogen and oxygen atoms in total. The molecule has 0 atom stereocenters. The molecule has 28 heavy (non-hydrogen) atoms. The van der Waals surface area contributed by atoms with Crippen molar-refractivity contribution in [3.05, 3.63) is 89.7 Å². The number of anilines is 1. The number of halogens is 1. The number of carbonyl (C=O) groups excluding carboxylic acids is 1. The maximum Gasteiger partial charge on any atom is 0.339 e. The van der Waals surface area contributed by atoms with E-state index in [1.165, 1.54) is 12.1 Å². The van der Waals surface area contributed by atoms with Gasteiger partial charge >= 0.3 is 6.03 Å². The molecule has 0 spiro atoms. The second-order valence-corrected chi connectivity index (χ2v) is 6.50. The van der Waals surface area contributed by atoms with Crippen LogP contribution < -0.4 is 10.7 Å². The van der Waals surface area contributed by atoms with Crippen molar-refractivity contribution in [1.29, 1.82) is 0 Å². The number of aromatic nitrogens is 1. The lowest BCUT2D eigenvalue weighted by atomic mass is 10.1. The van der Waals surface area contributed by atoms with Gasteiger partial charge in [0.15, 0.2) is 0 Å². The normalized spacial score (nSPS) is 13.4. The first-order valence-corrected chi connectivity index (χ1v) is 8.82. The number of aromatic amines is 1. The standard InChI is InChI=1S/C22H15FN4O/c23-13-10-11-15-17(12-13)20-19(16-8-4-5-9-18(16)25-20)21(15)26-27-22(28)24-14-6-2-1-3-7-14/h1-12,25H,(H2,24,27,28)/b26-21+. The summed E-state index contributed by atoms with van der Waals surface area (Å²) in [5.74, 6) is -0.320. The Morgan fingerprint density at radius 3 is 2.57 bits per heavy atom. The van der Waals surface area contributed by atoms with Gasteiger partial charge in [-0.05, 0) is 36.4 Å². The van der Waals surface area contributed by atoms with Gasteiger partial charge in [-0.2, -0.15) is 5.10 Å². The summed E-state index contributed by atoms with van der Waals surface area (Å²) in [6.45, 7) is 0. The number of rotatable bonds is 2. The fraction of sp³-hybridized carbons (Fsp3) is 0. The summed E-state index contributed by atoms with van der Waals surface area (Å²) < 4.78 is 13.9. The lowest BCUT2D eigenvalue weighted by Crippen LogP contribution is -2.25. The summed E-state index contributed by atoms with van der Waals surface area (Å²) >= 11 is 0. The van der Waals surface area contributed by atoms with Crippen molar-refractivity contribution in [3.63, 3.8) is 0 Å². The zero-order valence-corrected chi connectivity index (χ0v) is 14.7. The lowest BCUT2D eigenvalue weighted by molar-refractivity contribution is 0.252. The van der Waals surface area contributed by atoms with E-state index in [0.717, 1.165) is 33.3 Å². The van der Waals surface area contributed by atoms with Crippen LogP contribution in [-0.2, 0) is 0 Å². The van der Waals surface area contributed by atoms with Gasteiger partial charge in [0.1, 0.15) is 11.5 Å². The third kappa shape index (κ3) is 2.63. The number of H-pyrrole nitrogens is 1. The highest BCUT2D eigenvalue weighted by Gasteiger charge is 2.29. The Bertz CT molecular complexity index is 1240. The third-order valence-corrected chi connectivity index (χ3v) is 4.75. The fourth-order valence-electron chi connectivity index (χ4n) is 3.56. The van der Waals surface area contributed by atoms with E-state index in [1.807, 2.05) is 42.5 Å². The largest absolute Gasteiger partial charge is 0.354 e. The van der Waals surface area contributed by atoms with Gasteiger partial charge in [-0.15, -0.1) is 0 Å². The summed E-state index contributed by atoms with van der Waals surface area (Å²) in [4.78, 5) is 15.6. The molecule has 0 unspecified atom stereocenters. The highest BCUT2D eigenvalue weighted by molar-refractivity contribution is 6.29. The lowest BCUT2D eigenvalue weighted by Gasteiger charge is -2.06. The summed E-state index contributed by atoms with van der Waals surface area (Å²) in [7, 11) is 0. The Kier molecular flexibility index (Phi) is 3.69. The quantitative estimate of drug-likeness (QED) is 0.382. The van der Waals surface area contributed by atoms with E-state index in [0.29, 0.717) is 11.4 Å². The number of nitrogens with zero attached hydrogens (tertiary/aromatic N) is 1. The van der Waals surface area contributed by atoms with E-state index in [2.05, 4.69) is 20.8 Å². The molecule has 0 radical (unpaired) electrons. The van der Waals surface area contributed by atoms with Crippen LogP contribution in [0.25, 0.3) is 22.2 Å². The molecule has 3 N–H and O–H groups in total. The van der Waals surface area contributed by atoms with Crippen LogP contribution in [0, 0.1) is 5.82 Å². The van der Waals surface area contributed by atoms with Crippen LogP contribution in [0.3, 0.4) is 0 Å². The van der Waals surface area contributed by atoms with Crippen molar-refractivity contribution in [2.45, 2.75) is 0 Å². The third-order valence-electron chi connectivity index (χ3n) is 4.75. The molecule has 1 aliphatic carbocycles. The topological polar surface area (TPSA) is 69.3 Å². The molecule has 5 rings (SSSR count). The molecular weight excluding hydrogens is 355 g/mol. The van der Waals surface area contributed by atoms with Gasteiger partial charge in [-0.1, -0.05) is 36.4 Å². The highest BCUT2D eigenvalue weighted by Crippen LogP contribution is 2.40. The first-order valence-electron chi connectivity index (χ1n) is 8.82. The maximum absolute atomic E-state index is 13.9. The van der Waals surface area contributed by atoms with Crippen molar-refractivity contribution in [2.24, 2.45) is 5.10 Å². The minimum atomic E-state index is -0.448. The Balaban J connectivity index is 1.56. The molecule has 0 saturated heterocycles. The molecular formula is C22H15FN4O. The molecule has 2 amide bonds. The van der Waals surface area contributed by atoms with Gasteiger partial charge in [0.05, 0.1) is 5.69 Å². The second kappa shape index (κ2) is 6.35. The first-order chi connectivity index (χ1) is 13.7. The van der Waals surface area contributed by atoms with Crippen molar-refractivity contribution < 1.29 is 9.18 Å². The Labute approximate surface area is 159 Å². The van der Waals surface area contributed by atoms with Crippen molar-refractivity contribution in [3.8, 4) is 11.3 Å². The SMILES string of the molecule is O=C(N/N=C1\c2ccc(F)cc2-c2[nH]c3ccccc3c21)Nc1ccccc1. The number of hydrazone groups is 1. The van der Waals surface area contributed by atoms with Crippen LogP contribution in [0.4, 0.5) is 14.9 Å². The zero-order chi connectivity index (χ0) is 19.1. The summed E-state index contributed by atoms with van der Waals surface area (Å²) in [5, 5.41) is 8.07. The Hall–Kier alpha value is -3.93. The number of amides is 2. The second-order valence-electron chi connectivity index (χ2n) is 6.50. The summed E-state index contributed by atoms with van der Waals surface area (Å²) in [5.41, 5.74) is 7.93. The van der Waals surface area contributed by atoms with Crippen molar-refractivity contribution in [2.75, 3.05) is 5.32 Å². The van der Waals surface area contributed by atoms with Crippen LogP contribution in [0.1, 0.15) is 11.1 Å². The van der Waals surface area contributed by atoms with E-state index in [4.69, 9.17) is 0 Å². The summed E-state index contributed by atoms with van der Waals surface area (Å²) in [6, 6.07) is 21.0. The number of nitrogens with one attached hydrogen (secondary N) is 3. The van der Waals surface area contributed by atoms with E-state index >= 15 is 0 Å². The van der Waals surface area contributed by atoms with Crippen LogP contribution in [0.2, 0.25) is 0 Å². The van der Waals surface area contributed by atoms with Crippen LogP contribution in [-0.4, -0.2) is 16.7 Å². The fourth-order valence-corrected chi connectivity index (χ4v) is 3.56. The van der Waals surface area contributed by atoms with Gasteiger partial charge in [-0.25, -0.2) is 14.6 Å². The number of urea groups is 1. The van der Waals surface area contributed by atoms with Crippen molar-refractivity contribution >= 4 is 28.3 Å². The van der Waals surface area contributed by atoms with Gasteiger partial charge in [0.2, 0.25) is 0 Å². The predicted molar refractivity (Wildman–Crippen MR) is 108 cm³/mol. The number of benzene rings is 3. The van der Waals surface area contributed by atoms with Crippen LogP contribution in [0.5, 0.6) is 0 Å². The zero-order valence-electron chi connectivity index (χ0n) is 14.7. The predicted octanol–water partition coefficient (Wildman–Crippen LogP) is 4.86. The molecule has 1 aromatic heterocycles. The van der Waals surface area contributed by atoms with Crippen molar-refractivity contribution in [1.82, 2.24) is 10.4 Å². The Morgan fingerprint density at radius 2 is 1.71 bits per heavy atom. The molecule has 0 bridgehead atoms. The molecule has 1 heterocycles.